The zero-order chi connectivity index (χ0) is 31.9. The number of rotatable bonds is 7. The number of benzene rings is 1. The number of alkyl halides is 3. The average molecular weight is 643 g/mol. The number of nitrogens with one attached hydrogen (secondary N) is 1. The summed E-state index contributed by atoms with van der Waals surface area (Å²) in [7, 11) is 1.36. The first-order valence-electron chi connectivity index (χ1n) is 14.3. The molecule has 2 saturated heterocycles. The van der Waals surface area contributed by atoms with E-state index in [1.165, 1.54) is 24.5 Å². The molecule has 2 aliphatic heterocycles. The lowest BCUT2D eigenvalue weighted by Crippen LogP contribution is -2.42. The standard InChI is InChI=1S/C30H30ClF3N8O3/c1-45-28-20(27(43)39-23-15-41(14-22(23)32)29(44)19-4-2-3-5-21(19)31)10-17(12-36-28)24-11-18(25-26(35)37-16-38-42(24)25)13-40-8-6-30(33,34)7-9-40/h2-5,10-12,16,22-23H,6-9,13-15H2,1H3,(H,39,43)(H2,35,37,38)/t22-,23+/m0/s1. The summed E-state index contributed by atoms with van der Waals surface area (Å²) in [6.07, 6.45) is 0.808. The molecule has 3 N–H and O–H groups in total. The molecule has 236 valence electrons. The third-order valence-corrected chi connectivity index (χ3v) is 8.51. The van der Waals surface area contributed by atoms with Gasteiger partial charge in [-0.1, -0.05) is 23.7 Å². The van der Waals surface area contributed by atoms with Crippen LogP contribution in [0.4, 0.5) is 19.0 Å². The molecule has 6 rings (SSSR count). The zero-order valence-corrected chi connectivity index (χ0v) is 25.0. The Morgan fingerprint density at radius 2 is 1.89 bits per heavy atom. The number of hydrogen-bond acceptors (Lipinski definition) is 8. The summed E-state index contributed by atoms with van der Waals surface area (Å²) in [4.78, 5) is 38.1. The van der Waals surface area contributed by atoms with Crippen molar-refractivity contribution in [3.8, 4) is 17.1 Å². The first kappa shape index (κ1) is 30.6. The molecule has 0 aliphatic carbocycles. The van der Waals surface area contributed by atoms with E-state index in [4.69, 9.17) is 22.1 Å². The van der Waals surface area contributed by atoms with Gasteiger partial charge in [-0.05, 0) is 29.8 Å². The summed E-state index contributed by atoms with van der Waals surface area (Å²) < 4.78 is 49.5. The number of anilines is 1. The maximum absolute atomic E-state index is 15.1. The second kappa shape index (κ2) is 12.2. The van der Waals surface area contributed by atoms with E-state index in [2.05, 4.69) is 20.4 Å². The summed E-state index contributed by atoms with van der Waals surface area (Å²) in [5.74, 6) is -3.54. The molecule has 0 radical (unpaired) electrons. The van der Waals surface area contributed by atoms with E-state index in [1.54, 1.807) is 34.8 Å². The SMILES string of the molecule is COc1ncc(-c2cc(CN3CCC(F)(F)CC3)c3c(N)ncnn23)cc1C(=O)N[C@@H]1CN(C(=O)c2ccccc2Cl)C[C@@H]1F. The third kappa shape index (κ3) is 6.12. The number of aromatic nitrogens is 4. The number of nitrogens with two attached hydrogens (primary N) is 1. The Morgan fingerprint density at radius 3 is 2.62 bits per heavy atom. The minimum Gasteiger partial charge on any atom is -0.480 e. The highest BCUT2D eigenvalue weighted by Crippen LogP contribution is 2.33. The molecule has 2 atom stereocenters. The molecular weight excluding hydrogens is 613 g/mol. The largest absolute Gasteiger partial charge is 0.480 e. The molecular formula is C30H30ClF3N8O3. The smallest absolute Gasteiger partial charge is 0.257 e. The quantitative estimate of drug-likeness (QED) is 0.311. The molecule has 3 aromatic heterocycles. The molecule has 0 saturated carbocycles. The number of halogens is 4. The van der Waals surface area contributed by atoms with Gasteiger partial charge in [0.25, 0.3) is 17.7 Å². The minimum atomic E-state index is -2.68. The Balaban J connectivity index is 1.25. The summed E-state index contributed by atoms with van der Waals surface area (Å²) in [5, 5.41) is 7.29. The highest BCUT2D eigenvalue weighted by molar-refractivity contribution is 6.33. The second-order valence-electron chi connectivity index (χ2n) is 11.2. The summed E-state index contributed by atoms with van der Waals surface area (Å²) >= 11 is 6.16. The minimum absolute atomic E-state index is 0.0122. The highest BCUT2D eigenvalue weighted by atomic mass is 35.5. The van der Waals surface area contributed by atoms with Crippen LogP contribution in [-0.4, -0.2) is 92.6 Å². The highest BCUT2D eigenvalue weighted by Gasteiger charge is 2.38. The molecule has 11 nitrogen and oxygen atoms in total. The van der Waals surface area contributed by atoms with E-state index in [9.17, 15) is 18.4 Å². The molecule has 15 heteroatoms. The monoisotopic (exact) mass is 642 g/mol. The molecule has 0 unspecified atom stereocenters. The van der Waals surface area contributed by atoms with Crippen LogP contribution in [0.2, 0.25) is 5.02 Å². The van der Waals surface area contributed by atoms with E-state index >= 15 is 4.39 Å². The van der Waals surface area contributed by atoms with Crippen molar-refractivity contribution in [3.63, 3.8) is 0 Å². The van der Waals surface area contributed by atoms with E-state index in [1.807, 2.05) is 11.0 Å². The number of piperidine rings is 1. The van der Waals surface area contributed by atoms with Gasteiger partial charge in [0.15, 0.2) is 5.82 Å². The van der Waals surface area contributed by atoms with Crippen LogP contribution in [0.5, 0.6) is 5.88 Å². The van der Waals surface area contributed by atoms with E-state index in [0.29, 0.717) is 23.3 Å². The molecule has 2 fully saturated rings. The predicted octanol–water partition coefficient (Wildman–Crippen LogP) is 3.86. The van der Waals surface area contributed by atoms with Gasteiger partial charge in [0, 0.05) is 50.8 Å². The van der Waals surface area contributed by atoms with Gasteiger partial charge in [-0.2, -0.15) is 5.10 Å². The number of carbonyl (C=O) groups is 2. The van der Waals surface area contributed by atoms with Gasteiger partial charge in [-0.25, -0.2) is 27.7 Å². The van der Waals surface area contributed by atoms with Gasteiger partial charge in [-0.3, -0.25) is 14.5 Å². The van der Waals surface area contributed by atoms with Crippen molar-refractivity contribution >= 4 is 34.7 Å². The lowest BCUT2D eigenvalue weighted by Gasteiger charge is -2.31. The van der Waals surface area contributed by atoms with E-state index in [0.717, 1.165) is 5.56 Å². The summed E-state index contributed by atoms with van der Waals surface area (Å²) in [6.45, 7) is 0.521. The Hall–Kier alpha value is -4.43. The fourth-order valence-corrected chi connectivity index (χ4v) is 6.00. The molecule has 45 heavy (non-hydrogen) atoms. The Morgan fingerprint density at radius 1 is 1.13 bits per heavy atom. The Bertz CT molecular complexity index is 1760. The normalized spacial score (nSPS) is 20.0. The lowest BCUT2D eigenvalue weighted by molar-refractivity contribution is -0.0565. The van der Waals surface area contributed by atoms with Crippen LogP contribution in [0.1, 0.15) is 39.1 Å². The van der Waals surface area contributed by atoms with Crippen molar-refractivity contribution < 1.29 is 27.5 Å². The molecule has 0 spiro atoms. The fourth-order valence-electron chi connectivity index (χ4n) is 5.78. The number of likely N-dealkylation sites (tertiary alicyclic amines) is 2. The van der Waals surface area contributed by atoms with Crippen LogP contribution >= 0.6 is 11.6 Å². The van der Waals surface area contributed by atoms with Crippen LogP contribution in [-0.2, 0) is 6.54 Å². The van der Waals surface area contributed by atoms with Crippen molar-refractivity contribution in [2.45, 2.75) is 37.5 Å². The van der Waals surface area contributed by atoms with Crippen molar-refractivity contribution in [1.82, 2.24) is 34.7 Å². The Labute approximate surface area is 261 Å². The molecule has 1 aromatic carbocycles. The zero-order valence-electron chi connectivity index (χ0n) is 24.2. The summed E-state index contributed by atoms with van der Waals surface area (Å²) in [5.41, 5.74) is 8.75. The molecule has 4 aromatic rings. The van der Waals surface area contributed by atoms with Gasteiger partial charge in [-0.15, -0.1) is 0 Å². The van der Waals surface area contributed by atoms with Crippen LogP contribution in [0.3, 0.4) is 0 Å². The van der Waals surface area contributed by atoms with E-state index in [-0.39, 0.29) is 66.9 Å². The van der Waals surface area contributed by atoms with Crippen LogP contribution < -0.4 is 15.8 Å². The number of amides is 2. The second-order valence-corrected chi connectivity index (χ2v) is 11.6. The first-order chi connectivity index (χ1) is 21.5. The van der Waals surface area contributed by atoms with Crippen LogP contribution in [0.25, 0.3) is 16.8 Å². The van der Waals surface area contributed by atoms with Crippen LogP contribution in [0, 0.1) is 0 Å². The topological polar surface area (TPSA) is 131 Å². The third-order valence-electron chi connectivity index (χ3n) is 8.18. The molecule has 2 aliphatic rings. The van der Waals surface area contributed by atoms with Crippen LogP contribution in [0.15, 0.2) is 48.9 Å². The van der Waals surface area contributed by atoms with Gasteiger partial charge in [0.2, 0.25) is 5.88 Å². The van der Waals surface area contributed by atoms with E-state index < -0.39 is 30.0 Å². The number of fused-ring (bicyclic) bond motifs is 1. The average Bonchev–Trinajstić information content (AvgIpc) is 3.58. The van der Waals surface area contributed by atoms with Crippen molar-refractivity contribution in [3.05, 3.63) is 70.6 Å². The number of methoxy groups -OCH3 is 1. The molecule has 2 amide bonds. The maximum Gasteiger partial charge on any atom is 0.257 e. The van der Waals surface area contributed by atoms with Crippen molar-refractivity contribution in [1.29, 1.82) is 0 Å². The van der Waals surface area contributed by atoms with Crippen molar-refractivity contribution in [2.24, 2.45) is 0 Å². The number of carbonyl (C=O) groups excluding carboxylic acids is 2. The number of nitrogens with zero attached hydrogens (tertiary/aromatic N) is 6. The van der Waals surface area contributed by atoms with Gasteiger partial charge >= 0.3 is 0 Å². The summed E-state index contributed by atoms with van der Waals surface area (Å²) in [6, 6.07) is 8.87. The number of nitrogen functional groups attached to an aromatic ring is 1. The number of ether oxygens (including phenoxy) is 1. The van der Waals surface area contributed by atoms with Gasteiger partial charge < -0.3 is 20.7 Å². The van der Waals surface area contributed by atoms with Gasteiger partial charge in [0.05, 0.1) is 36.0 Å². The first-order valence-corrected chi connectivity index (χ1v) is 14.7. The van der Waals surface area contributed by atoms with Crippen molar-refractivity contribution in [2.75, 3.05) is 39.0 Å². The number of pyridine rings is 1. The molecule has 5 heterocycles. The van der Waals surface area contributed by atoms with Gasteiger partial charge in [0.1, 0.15) is 23.6 Å². The predicted molar refractivity (Wildman–Crippen MR) is 160 cm³/mol. The molecule has 0 bridgehead atoms. The Kier molecular flexibility index (Phi) is 8.27. The lowest BCUT2D eigenvalue weighted by atomic mass is 10.1. The fraction of sp³-hybridized carbons (Fsp3) is 0.367. The maximum atomic E-state index is 15.1. The number of hydrogen-bond donors (Lipinski definition) is 2.